The van der Waals surface area contributed by atoms with Gasteiger partial charge in [-0.2, -0.15) is 9.61 Å². The van der Waals surface area contributed by atoms with Crippen LogP contribution in [0.1, 0.15) is 29.6 Å². The minimum absolute atomic E-state index is 0.528. The molecule has 0 aliphatic heterocycles. The van der Waals surface area contributed by atoms with E-state index in [9.17, 15) is 0 Å². The number of fused-ring (bicyclic) bond motifs is 4. The maximum absolute atomic E-state index is 4.88. The number of aromatic nitrogens is 5. The summed E-state index contributed by atoms with van der Waals surface area (Å²) in [6.07, 6.45) is 0.748. The molecule has 26 heavy (non-hydrogen) atoms. The van der Waals surface area contributed by atoms with Gasteiger partial charge in [0, 0.05) is 17.5 Å². The minimum atomic E-state index is 0.528. The highest BCUT2D eigenvalue weighted by molar-refractivity contribution is 6.22. The lowest BCUT2D eigenvalue weighted by Gasteiger charge is -2.03. The van der Waals surface area contributed by atoms with Crippen molar-refractivity contribution in [3.05, 3.63) is 77.2 Å². The lowest BCUT2D eigenvalue weighted by molar-refractivity contribution is 0.810. The Morgan fingerprint density at radius 2 is 1.65 bits per heavy atom. The second kappa shape index (κ2) is 5.84. The number of nitrogens with zero attached hydrogens (tertiary/aromatic N) is 6. The molecule has 0 radical (unpaired) electrons. The number of rotatable bonds is 3. The predicted octanol–water partition coefficient (Wildman–Crippen LogP) is 3.10. The average Bonchev–Trinajstić information content (AvgIpc) is 3.24. The number of benzene rings is 2. The molecule has 6 heteroatoms. The summed E-state index contributed by atoms with van der Waals surface area (Å²) in [6, 6.07) is 18.4. The lowest BCUT2D eigenvalue weighted by Crippen LogP contribution is -2.08. The maximum Gasteiger partial charge on any atom is 0.272 e. The highest BCUT2D eigenvalue weighted by atomic mass is 15.4. The summed E-state index contributed by atoms with van der Waals surface area (Å²) in [5.41, 5.74) is 5.78. The topological polar surface area (TPSA) is 68.3 Å². The Labute approximate surface area is 150 Å². The van der Waals surface area contributed by atoms with Crippen molar-refractivity contribution in [2.24, 2.45) is 4.99 Å². The van der Waals surface area contributed by atoms with Crippen molar-refractivity contribution in [3.63, 3.8) is 0 Å². The number of aliphatic imine (C=N–C) groups is 1. The summed E-state index contributed by atoms with van der Waals surface area (Å²) in [5, 5.41) is 13.1. The molecule has 0 spiro atoms. The van der Waals surface area contributed by atoms with Crippen molar-refractivity contribution in [2.75, 3.05) is 0 Å². The van der Waals surface area contributed by atoms with E-state index in [1.54, 1.807) is 4.52 Å². The van der Waals surface area contributed by atoms with Gasteiger partial charge in [-0.25, -0.2) is 4.98 Å². The van der Waals surface area contributed by atoms with Crippen LogP contribution in [0.2, 0.25) is 0 Å². The van der Waals surface area contributed by atoms with E-state index in [0.29, 0.717) is 12.3 Å². The molecule has 6 nitrogen and oxygen atoms in total. The van der Waals surface area contributed by atoms with Crippen LogP contribution < -0.4 is 0 Å². The van der Waals surface area contributed by atoms with Crippen LogP contribution in [0.15, 0.2) is 59.6 Å². The average molecular weight is 340 g/mol. The first-order chi connectivity index (χ1) is 12.8. The van der Waals surface area contributed by atoms with E-state index in [2.05, 4.69) is 34.5 Å². The van der Waals surface area contributed by atoms with Crippen LogP contribution >= 0.6 is 0 Å². The predicted molar refractivity (Wildman–Crippen MR) is 99.2 cm³/mol. The third kappa shape index (κ3) is 2.23. The molecule has 126 valence electrons. The second-order valence-electron chi connectivity index (χ2n) is 6.19. The van der Waals surface area contributed by atoms with Gasteiger partial charge in [-0.05, 0) is 5.56 Å². The molecule has 0 atom stereocenters. The van der Waals surface area contributed by atoms with Crippen molar-refractivity contribution in [1.29, 1.82) is 0 Å². The Hall–Kier alpha value is -3.41. The molecule has 0 amide bonds. The van der Waals surface area contributed by atoms with Crippen LogP contribution in [0.25, 0.3) is 17.0 Å². The first kappa shape index (κ1) is 14.9. The van der Waals surface area contributed by atoms with Gasteiger partial charge >= 0.3 is 0 Å². The van der Waals surface area contributed by atoms with Crippen molar-refractivity contribution in [1.82, 2.24) is 24.8 Å². The third-order valence-corrected chi connectivity index (χ3v) is 4.57. The quantitative estimate of drug-likeness (QED) is 0.506. The minimum Gasteiger partial charge on any atom is -0.278 e. The molecule has 4 aromatic rings. The van der Waals surface area contributed by atoms with Crippen LogP contribution in [0.3, 0.4) is 0 Å². The maximum atomic E-state index is 4.88. The van der Waals surface area contributed by atoms with Crippen LogP contribution in [0.4, 0.5) is 0 Å². The summed E-state index contributed by atoms with van der Waals surface area (Å²) in [5.74, 6) is 1.33. The van der Waals surface area contributed by atoms with Crippen LogP contribution in [0, 0.1) is 0 Å². The first-order valence-corrected chi connectivity index (χ1v) is 8.66. The Bertz CT molecular complexity index is 1140. The van der Waals surface area contributed by atoms with Crippen LogP contribution in [-0.4, -0.2) is 30.5 Å². The van der Waals surface area contributed by atoms with Gasteiger partial charge in [-0.1, -0.05) is 61.5 Å². The van der Waals surface area contributed by atoms with Gasteiger partial charge in [0.05, 0.1) is 12.3 Å². The van der Waals surface area contributed by atoms with Crippen LogP contribution in [0.5, 0.6) is 0 Å². The third-order valence-electron chi connectivity index (χ3n) is 4.57. The van der Waals surface area contributed by atoms with Gasteiger partial charge in [-0.3, -0.25) is 4.99 Å². The van der Waals surface area contributed by atoms with Gasteiger partial charge in [0.2, 0.25) is 0 Å². The lowest BCUT2D eigenvalue weighted by atomic mass is 10.1. The van der Waals surface area contributed by atoms with Crippen molar-refractivity contribution in [3.8, 4) is 11.3 Å². The molecule has 0 bridgehead atoms. The highest BCUT2D eigenvalue weighted by Gasteiger charge is 2.29. The number of hydrogen-bond acceptors (Lipinski definition) is 5. The molecule has 2 heterocycles. The SMILES string of the molecule is CCc1nnc2nc3c(nn12)C(=NCc1ccccc1)c1ccccc1-3. The molecule has 0 saturated carbocycles. The van der Waals surface area contributed by atoms with E-state index in [0.717, 1.165) is 40.5 Å². The van der Waals surface area contributed by atoms with E-state index >= 15 is 0 Å². The Morgan fingerprint density at radius 3 is 2.46 bits per heavy atom. The Balaban J connectivity index is 1.70. The fourth-order valence-corrected chi connectivity index (χ4v) is 3.28. The van der Waals surface area contributed by atoms with Crippen molar-refractivity contribution in [2.45, 2.75) is 19.9 Å². The summed E-state index contributed by atoms with van der Waals surface area (Å²) < 4.78 is 1.72. The summed E-state index contributed by atoms with van der Waals surface area (Å²) in [6.45, 7) is 2.64. The summed E-state index contributed by atoms with van der Waals surface area (Å²) >= 11 is 0. The monoisotopic (exact) mass is 340 g/mol. The molecule has 5 rings (SSSR count). The van der Waals surface area contributed by atoms with Crippen molar-refractivity contribution < 1.29 is 0 Å². The fourth-order valence-electron chi connectivity index (χ4n) is 3.28. The summed E-state index contributed by atoms with van der Waals surface area (Å²) in [4.78, 5) is 9.60. The summed E-state index contributed by atoms with van der Waals surface area (Å²) in [7, 11) is 0. The zero-order valence-electron chi connectivity index (χ0n) is 14.3. The van der Waals surface area contributed by atoms with Gasteiger partial charge in [0.25, 0.3) is 5.78 Å². The van der Waals surface area contributed by atoms with E-state index in [1.165, 1.54) is 5.56 Å². The molecule has 1 aliphatic carbocycles. The second-order valence-corrected chi connectivity index (χ2v) is 6.19. The molecular weight excluding hydrogens is 324 g/mol. The normalized spacial score (nSPS) is 14.0. The van der Waals surface area contributed by atoms with Gasteiger partial charge in [0.15, 0.2) is 5.82 Å². The van der Waals surface area contributed by atoms with Gasteiger partial charge in [0.1, 0.15) is 11.4 Å². The molecular formula is C20H16N6. The fraction of sp³-hybridized carbons (Fsp3) is 0.150. The van der Waals surface area contributed by atoms with E-state index < -0.39 is 0 Å². The first-order valence-electron chi connectivity index (χ1n) is 8.66. The van der Waals surface area contributed by atoms with E-state index in [-0.39, 0.29) is 0 Å². The largest absolute Gasteiger partial charge is 0.278 e. The van der Waals surface area contributed by atoms with E-state index in [1.807, 2.05) is 37.3 Å². The zero-order chi connectivity index (χ0) is 17.5. The molecule has 0 fully saturated rings. The zero-order valence-corrected chi connectivity index (χ0v) is 14.3. The number of aryl methyl sites for hydroxylation is 1. The number of hydrogen-bond donors (Lipinski definition) is 0. The van der Waals surface area contributed by atoms with Gasteiger partial charge in [-0.15, -0.1) is 10.2 Å². The van der Waals surface area contributed by atoms with E-state index in [4.69, 9.17) is 15.1 Å². The standard InChI is InChI=1S/C20H16N6/c1-2-16-23-24-20-22-18-15-11-7-6-10-14(15)17(19(18)25-26(16)20)21-12-13-8-4-3-5-9-13/h3-11H,2,12H2,1H3. The highest BCUT2D eigenvalue weighted by Crippen LogP contribution is 2.34. The Morgan fingerprint density at radius 1 is 0.885 bits per heavy atom. The smallest absolute Gasteiger partial charge is 0.272 e. The van der Waals surface area contributed by atoms with Crippen LogP contribution in [-0.2, 0) is 13.0 Å². The van der Waals surface area contributed by atoms with Crippen molar-refractivity contribution >= 4 is 11.5 Å². The molecule has 0 N–H and O–H groups in total. The molecule has 2 aromatic heterocycles. The molecule has 2 aromatic carbocycles. The molecule has 0 unspecified atom stereocenters. The molecule has 1 aliphatic rings. The Kier molecular flexibility index (Phi) is 3.35. The van der Waals surface area contributed by atoms with Gasteiger partial charge < -0.3 is 0 Å². The molecule has 0 saturated heterocycles.